The Labute approximate surface area is 155 Å². The van der Waals surface area contributed by atoms with Gasteiger partial charge in [-0.2, -0.15) is 4.41 Å². The van der Waals surface area contributed by atoms with Gasteiger partial charge in [0.05, 0.1) is 0 Å². The summed E-state index contributed by atoms with van der Waals surface area (Å²) in [5, 5.41) is 12.3. The van der Waals surface area contributed by atoms with Crippen molar-refractivity contribution in [2.45, 2.75) is 12.8 Å². The summed E-state index contributed by atoms with van der Waals surface area (Å²) in [4.78, 5) is 11.5. The summed E-state index contributed by atoms with van der Waals surface area (Å²) in [6.07, 6.45) is 0. The number of hydrogen-bond acceptors (Lipinski definition) is 3. The quantitative estimate of drug-likeness (QED) is 0.790. The number of halogens is 1. The lowest BCUT2D eigenvalue weighted by atomic mass is 9.88. The number of benzene rings is 2. The lowest BCUT2D eigenvalue weighted by Gasteiger charge is -2.27. The van der Waals surface area contributed by atoms with E-state index >= 15 is 0 Å². The first-order valence-corrected chi connectivity index (χ1v) is 9.73. The Morgan fingerprint density at radius 2 is 1.96 bits per heavy atom. The van der Waals surface area contributed by atoms with Crippen molar-refractivity contribution in [2.75, 3.05) is 20.6 Å². The Hall–Kier alpha value is -2.02. The molecule has 0 radical (unpaired) electrons. The van der Waals surface area contributed by atoms with Crippen molar-refractivity contribution in [3.8, 4) is 11.1 Å². The van der Waals surface area contributed by atoms with Crippen molar-refractivity contribution < 1.29 is 14.3 Å². The van der Waals surface area contributed by atoms with Crippen molar-refractivity contribution in [1.29, 1.82) is 0 Å². The molecule has 1 aliphatic rings. The molecule has 0 spiro atoms. The Morgan fingerprint density at radius 1 is 1.27 bits per heavy atom. The van der Waals surface area contributed by atoms with Crippen LogP contribution in [0.2, 0.25) is 0 Å². The smallest absolute Gasteiger partial charge is 0.374 e. The van der Waals surface area contributed by atoms with Crippen LogP contribution in [-0.4, -0.2) is 45.8 Å². The highest BCUT2D eigenvalue weighted by Gasteiger charge is 2.32. The van der Waals surface area contributed by atoms with Crippen LogP contribution in [0.15, 0.2) is 48.5 Å². The fourth-order valence-electron chi connectivity index (χ4n) is 3.22. The van der Waals surface area contributed by atoms with Crippen LogP contribution in [0, 0.1) is 11.7 Å². The van der Waals surface area contributed by atoms with Gasteiger partial charge in [0, 0.05) is 42.8 Å². The zero-order chi connectivity index (χ0) is 18.8. The Bertz CT molecular complexity index is 839. The van der Waals surface area contributed by atoms with Gasteiger partial charge in [0.2, 0.25) is 0 Å². The maximum Gasteiger partial charge on any atom is 0.374 e. The minimum absolute atomic E-state index is 0.0358. The Balaban J connectivity index is 1.86. The monoisotopic (exact) mass is 374 g/mol. The molecule has 2 aromatic rings. The zero-order valence-electron chi connectivity index (χ0n) is 15.1. The van der Waals surface area contributed by atoms with Gasteiger partial charge in [-0.3, -0.25) is 0 Å². The molecule has 0 bridgehead atoms. The summed E-state index contributed by atoms with van der Waals surface area (Å²) < 4.78 is 16.5. The van der Waals surface area contributed by atoms with E-state index in [9.17, 15) is 14.3 Å². The topological polar surface area (TPSA) is 43.8 Å². The number of hydrazine groups is 1. The van der Waals surface area contributed by atoms with E-state index in [0.29, 0.717) is 12.1 Å². The molecule has 1 N–H and O–H groups in total. The molecule has 138 valence electrons. The lowest BCUT2D eigenvalue weighted by Crippen LogP contribution is -2.34. The molecule has 3 atom stereocenters. The van der Waals surface area contributed by atoms with E-state index < -0.39 is 16.0 Å². The van der Waals surface area contributed by atoms with Crippen LogP contribution in [0.25, 0.3) is 11.1 Å². The molecule has 4 nitrogen and oxygen atoms in total. The number of hydrogen-bond donors (Lipinski definition) is 1. The summed E-state index contributed by atoms with van der Waals surface area (Å²) in [5.41, 5.74) is 2.32. The van der Waals surface area contributed by atoms with Gasteiger partial charge in [-0.25, -0.2) is 14.2 Å². The molecule has 0 aromatic heterocycles. The van der Waals surface area contributed by atoms with Gasteiger partial charge < -0.3 is 5.11 Å². The molecule has 0 amide bonds. The third-order valence-electron chi connectivity index (χ3n) is 4.77. The SMILES string of the molecule is CC(c1ccc(-c2ccccc2)c(F)c1)C1C=S(C(=O)O)N(N(C)C)C1. The molecular weight excluding hydrogens is 351 g/mol. The van der Waals surface area contributed by atoms with E-state index in [4.69, 9.17) is 0 Å². The Morgan fingerprint density at radius 3 is 2.50 bits per heavy atom. The van der Waals surface area contributed by atoms with Gasteiger partial charge in [0.1, 0.15) is 5.82 Å². The molecule has 6 heteroatoms. The van der Waals surface area contributed by atoms with Crippen LogP contribution in [0.3, 0.4) is 0 Å². The summed E-state index contributed by atoms with van der Waals surface area (Å²) in [7, 11) is 2.74. The van der Waals surface area contributed by atoms with Gasteiger partial charge in [0.15, 0.2) is 0 Å². The minimum atomic E-state index is -0.954. The molecule has 2 aromatic carbocycles. The van der Waals surface area contributed by atoms with Crippen molar-refractivity contribution in [3.05, 3.63) is 59.9 Å². The van der Waals surface area contributed by atoms with Crippen LogP contribution >= 0.6 is 10.7 Å². The maximum atomic E-state index is 14.7. The summed E-state index contributed by atoms with van der Waals surface area (Å²) >= 11 is 0. The molecule has 0 saturated carbocycles. The van der Waals surface area contributed by atoms with Gasteiger partial charge in [-0.15, -0.1) is 0 Å². The van der Waals surface area contributed by atoms with E-state index in [-0.39, 0.29) is 17.7 Å². The molecule has 3 rings (SSSR count). The predicted molar refractivity (Wildman–Crippen MR) is 106 cm³/mol. The van der Waals surface area contributed by atoms with Gasteiger partial charge in [-0.05, 0) is 28.5 Å². The van der Waals surface area contributed by atoms with Crippen molar-refractivity contribution >= 4 is 21.3 Å². The van der Waals surface area contributed by atoms with E-state index in [0.717, 1.165) is 11.1 Å². The third-order valence-corrected chi connectivity index (χ3v) is 6.66. The largest absolute Gasteiger partial charge is 0.473 e. The third kappa shape index (κ3) is 3.72. The van der Waals surface area contributed by atoms with Crippen LogP contribution in [0.5, 0.6) is 0 Å². The van der Waals surface area contributed by atoms with Crippen LogP contribution < -0.4 is 0 Å². The highest BCUT2D eigenvalue weighted by atomic mass is 32.2. The van der Waals surface area contributed by atoms with Crippen molar-refractivity contribution in [3.63, 3.8) is 0 Å². The second-order valence-corrected chi connectivity index (χ2v) is 8.33. The summed E-state index contributed by atoms with van der Waals surface area (Å²) in [5.74, 6) is -0.160. The maximum absolute atomic E-state index is 14.7. The van der Waals surface area contributed by atoms with Crippen molar-refractivity contribution in [2.24, 2.45) is 5.92 Å². The average molecular weight is 374 g/mol. The molecule has 26 heavy (non-hydrogen) atoms. The molecular formula is C20H23FN2O2S. The van der Waals surface area contributed by atoms with Crippen LogP contribution in [-0.2, 0) is 0 Å². The first-order chi connectivity index (χ1) is 12.4. The first kappa shape index (κ1) is 18.8. The number of carbonyl (C=O) groups is 1. The van der Waals surface area contributed by atoms with E-state index in [1.54, 1.807) is 6.07 Å². The summed E-state index contributed by atoms with van der Waals surface area (Å²) in [6, 6.07) is 14.8. The zero-order valence-corrected chi connectivity index (χ0v) is 15.9. The lowest BCUT2D eigenvalue weighted by molar-refractivity contribution is 0.133. The normalized spacial score (nSPS) is 21.6. The van der Waals surface area contributed by atoms with Crippen LogP contribution in [0.1, 0.15) is 18.4 Å². The fraction of sp³-hybridized carbons (Fsp3) is 0.300. The van der Waals surface area contributed by atoms with Gasteiger partial charge in [0.25, 0.3) is 0 Å². The summed E-state index contributed by atoms with van der Waals surface area (Å²) in [6.45, 7) is 2.65. The second kappa shape index (κ2) is 7.70. The molecule has 1 heterocycles. The minimum Gasteiger partial charge on any atom is -0.473 e. The number of nitrogens with zero attached hydrogens (tertiary/aromatic N) is 2. The molecule has 0 fully saturated rings. The number of carboxylic acid groups (broad SMARTS) is 1. The molecule has 3 unspecified atom stereocenters. The highest BCUT2D eigenvalue weighted by molar-refractivity contribution is 8.25. The number of rotatable bonds is 4. The molecule has 0 saturated heterocycles. The second-order valence-electron chi connectivity index (χ2n) is 6.66. The Kier molecular flexibility index (Phi) is 5.55. The van der Waals surface area contributed by atoms with E-state index in [2.05, 4.69) is 0 Å². The first-order valence-electron chi connectivity index (χ1n) is 8.49. The van der Waals surface area contributed by atoms with E-state index in [1.807, 2.05) is 78.3 Å². The van der Waals surface area contributed by atoms with Crippen molar-refractivity contribution in [1.82, 2.24) is 9.42 Å². The van der Waals surface area contributed by atoms with Gasteiger partial charge >= 0.3 is 5.30 Å². The highest BCUT2D eigenvalue weighted by Crippen LogP contribution is 2.37. The standard InChI is InChI=1S/C20H23FN2O2S/c1-14(17-12-23(22(2)3)26(13-17)20(24)25)16-9-10-18(19(21)11-16)15-7-5-4-6-8-15/h4-11,13-14,17H,12H2,1-3H3,(H,24,25). The van der Waals surface area contributed by atoms with Gasteiger partial charge in [-0.1, -0.05) is 49.4 Å². The van der Waals surface area contributed by atoms with E-state index in [1.165, 1.54) is 0 Å². The fourth-order valence-corrected chi connectivity index (χ4v) is 4.99. The predicted octanol–water partition coefficient (Wildman–Crippen LogP) is 4.67. The molecule has 1 aliphatic heterocycles. The molecule has 0 aliphatic carbocycles. The van der Waals surface area contributed by atoms with Crippen LogP contribution in [0.4, 0.5) is 9.18 Å². The average Bonchev–Trinajstić information content (AvgIpc) is 3.08.